The van der Waals surface area contributed by atoms with Crippen molar-refractivity contribution >= 4 is 0 Å². The quantitative estimate of drug-likeness (QED) is 0.770. The average Bonchev–Trinajstić information content (AvgIpc) is 2.50. The van der Waals surface area contributed by atoms with E-state index in [1.54, 1.807) is 19.1 Å². The Morgan fingerprint density at radius 3 is 2.87 bits per heavy atom. The number of hydrogen-bond donors (Lipinski definition) is 2. The van der Waals surface area contributed by atoms with Crippen LogP contribution >= 0.6 is 0 Å². The standard InChI is InChI=1S/C12H16FNO/c1-12(15)8-14-7-10(12)6-9-4-2-3-5-11(9)13/h2-5,10,14-15H,6-8H2,1H3. The SMILES string of the molecule is CC1(O)CNCC1Cc1ccccc1F. The third-order valence-corrected chi connectivity index (χ3v) is 3.18. The molecule has 82 valence electrons. The van der Waals surface area contributed by atoms with Crippen LogP contribution in [-0.2, 0) is 6.42 Å². The maximum Gasteiger partial charge on any atom is 0.126 e. The molecular formula is C12H16FNO. The van der Waals surface area contributed by atoms with Crippen LogP contribution in [0.4, 0.5) is 4.39 Å². The lowest BCUT2D eigenvalue weighted by Gasteiger charge is -2.24. The Hall–Kier alpha value is -0.930. The first-order valence-electron chi connectivity index (χ1n) is 5.26. The largest absolute Gasteiger partial charge is 0.389 e. The lowest BCUT2D eigenvalue weighted by atomic mass is 9.87. The molecule has 1 fully saturated rings. The molecule has 15 heavy (non-hydrogen) atoms. The van der Waals surface area contributed by atoms with Crippen LogP contribution in [0.1, 0.15) is 12.5 Å². The molecule has 0 radical (unpaired) electrons. The predicted octanol–water partition coefficient (Wildman–Crippen LogP) is 1.34. The lowest BCUT2D eigenvalue weighted by molar-refractivity contribution is 0.0361. The van der Waals surface area contributed by atoms with Gasteiger partial charge in [0, 0.05) is 19.0 Å². The van der Waals surface area contributed by atoms with Crippen molar-refractivity contribution in [1.82, 2.24) is 5.32 Å². The van der Waals surface area contributed by atoms with Gasteiger partial charge in [-0.1, -0.05) is 18.2 Å². The number of aliphatic hydroxyl groups is 1. The van der Waals surface area contributed by atoms with Gasteiger partial charge >= 0.3 is 0 Å². The molecule has 2 atom stereocenters. The monoisotopic (exact) mass is 209 g/mol. The van der Waals surface area contributed by atoms with Gasteiger partial charge in [-0.2, -0.15) is 0 Å². The topological polar surface area (TPSA) is 32.3 Å². The molecule has 0 amide bonds. The molecule has 0 bridgehead atoms. The van der Waals surface area contributed by atoms with Crippen molar-refractivity contribution in [1.29, 1.82) is 0 Å². The van der Waals surface area contributed by atoms with Crippen molar-refractivity contribution in [3.8, 4) is 0 Å². The van der Waals surface area contributed by atoms with Gasteiger partial charge in [-0.05, 0) is 25.0 Å². The van der Waals surface area contributed by atoms with Crippen LogP contribution in [0.25, 0.3) is 0 Å². The normalized spacial score (nSPS) is 30.7. The molecule has 2 nitrogen and oxygen atoms in total. The molecule has 2 N–H and O–H groups in total. The van der Waals surface area contributed by atoms with E-state index in [1.807, 2.05) is 6.07 Å². The lowest BCUT2D eigenvalue weighted by Crippen LogP contribution is -2.35. The zero-order chi connectivity index (χ0) is 10.9. The van der Waals surface area contributed by atoms with E-state index in [2.05, 4.69) is 5.32 Å². The third-order valence-electron chi connectivity index (χ3n) is 3.18. The molecule has 3 heteroatoms. The Labute approximate surface area is 89.1 Å². The van der Waals surface area contributed by atoms with Gasteiger partial charge in [-0.25, -0.2) is 4.39 Å². The summed E-state index contributed by atoms with van der Waals surface area (Å²) in [7, 11) is 0. The Morgan fingerprint density at radius 2 is 2.27 bits per heavy atom. The summed E-state index contributed by atoms with van der Waals surface area (Å²) >= 11 is 0. The minimum Gasteiger partial charge on any atom is -0.389 e. The van der Waals surface area contributed by atoms with Gasteiger partial charge in [0.05, 0.1) is 5.60 Å². The van der Waals surface area contributed by atoms with Crippen molar-refractivity contribution in [3.63, 3.8) is 0 Å². The Morgan fingerprint density at radius 1 is 1.53 bits per heavy atom. The summed E-state index contributed by atoms with van der Waals surface area (Å²) in [6, 6.07) is 6.76. The number of rotatable bonds is 2. The molecule has 1 aromatic rings. The second-order valence-electron chi connectivity index (χ2n) is 4.48. The van der Waals surface area contributed by atoms with Crippen molar-refractivity contribution in [2.45, 2.75) is 18.9 Å². The Bertz CT molecular complexity index is 351. The smallest absolute Gasteiger partial charge is 0.126 e. The van der Waals surface area contributed by atoms with Gasteiger partial charge in [0.25, 0.3) is 0 Å². The molecule has 1 aliphatic heterocycles. The first kappa shape index (κ1) is 10.6. The number of β-amino-alcohol motifs (C(OH)–C–C–N with tert-alkyl or cyclic N) is 1. The highest BCUT2D eigenvalue weighted by atomic mass is 19.1. The van der Waals surface area contributed by atoms with Crippen LogP contribution in [0.3, 0.4) is 0 Å². The molecular weight excluding hydrogens is 193 g/mol. The third kappa shape index (κ3) is 2.19. The minimum atomic E-state index is -0.720. The highest BCUT2D eigenvalue weighted by molar-refractivity contribution is 5.19. The van der Waals surface area contributed by atoms with Crippen LogP contribution in [0.5, 0.6) is 0 Å². The van der Waals surface area contributed by atoms with E-state index in [0.717, 1.165) is 6.54 Å². The first-order valence-corrected chi connectivity index (χ1v) is 5.26. The summed E-state index contributed by atoms with van der Waals surface area (Å²) in [5.41, 5.74) is -0.0334. The first-order chi connectivity index (χ1) is 7.09. The van der Waals surface area contributed by atoms with Gasteiger partial charge in [0.2, 0.25) is 0 Å². The average molecular weight is 209 g/mol. The van der Waals surface area contributed by atoms with Crippen LogP contribution in [-0.4, -0.2) is 23.8 Å². The minimum absolute atomic E-state index is 0.0920. The highest BCUT2D eigenvalue weighted by Gasteiger charge is 2.36. The summed E-state index contributed by atoms with van der Waals surface area (Å²) in [4.78, 5) is 0. The molecule has 1 aromatic carbocycles. The molecule has 0 saturated carbocycles. The van der Waals surface area contributed by atoms with E-state index in [4.69, 9.17) is 0 Å². The van der Waals surface area contributed by atoms with Gasteiger partial charge in [-0.3, -0.25) is 0 Å². The van der Waals surface area contributed by atoms with Crippen molar-refractivity contribution in [2.75, 3.05) is 13.1 Å². The maximum atomic E-state index is 13.4. The second kappa shape index (κ2) is 3.91. The zero-order valence-electron chi connectivity index (χ0n) is 8.83. The van der Waals surface area contributed by atoms with Crippen LogP contribution in [0.2, 0.25) is 0 Å². The van der Waals surface area contributed by atoms with E-state index in [1.165, 1.54) is 6.07 Å². The maximum absolute atomic E-state index is 13.4. The molecule has 2 unspecified atom stereocenters. The van der Waals surface area contributed by atoms with Crippen molar-refractivity contribution in [3.05, 3.63) is 35.6 Å². The van der Waals surface area contributed by atoms with Gasteiger partial charge in [-0.15, -0.1) is 0 Å². The van der Waals surface area contributed by atoms with Gasteiger partial charge < -0.3 is 10.4 Å². The molecule has 1 saturated heterocycles. The van der Waals surface area contributed by atoms with Crippen molar-refractivity contribution in [2.24, 2.45) is 5.92 Å². The van der Waals surface area contributed by atoms with Crippen LogP contribution in [0, 0.1) is 11.7 Å². The fourth-order valence-corrected chi connectivity index (χ4v) is 2.09. The fraction of sp³-hybridized carbons (Fsp3) is 0.500. The molecule has 2 rings (SSSR count). The summed E-state index contributed by atoms with van der Waals surface area (Å²) in [6.07, 6.45) is 0.590. The van der Waals surface area contributed by atoms with Crippen LogP contribution < -0.4 is 5.32 Å². The summed E-state index contributed by atoms with van der Waals surface area (Å²) in [5, 5.41) is 13.2. The number of hydrogen-bond acceptors (Lipinski definition) is 2. The Kier molecular flexibility index (Phi) is 2.76. The number of nitrogens with one attached hydrogen (secondary N) is 1. The number of benzene rings is 1. The molecule has 0 aliphatic carbocycles. The summed E-state index contributed by atoms with van der Waals surface area (Å²) in [5.74, 6) is -0.0883. The van der Waals surface area contributed by atoms with E-state index < -0.39 is 5.60 Å². The van der Waals surface area contributed by atoms with Crippen molar-refractivity contribution < 1.29 is 9.50 Å². The van der Waals surface area contributed by atoms with E-state index in [0.29, 0.717) is 18.5 Å². The van der Waals surface area contributed by atoms with E-state index in [9.17, 15) is 9.50 Å². The number of halogens is 1. The fourth-order valence-electron chi connectivity index (χ4n) is 2.09. The molecule has 1 aliphatic rings. The Balaban J connectivity index is 2.12. The van der Waals surface area contributed by atoms with Gasteiger partial charge in [0.15, 0.2) is 0 Å². The molecule has 0 spiro atoms. The summed E-state index contributed by atoms with van der Waals surface area (Å²) < 4.78 is 13.4. The zero-order valence-corrected chi connectivity index (χ0v) is 8.83. The second-order valence-corrected chi connectivity index (χ2v) is 4.48. The summed E-state index contributed by atoms with van der Waals surface area (Å²) in [6.45, 7) is 3.14. The van der Waals surface area contributed by atoms with Crippen LogP contribution in [0.15, 0.2) is 24.3 Å². The highest BCUT2D eigenvalue weighted by Crippen LogP contribution is 2.25. The molecule has 0 aromatic heterocycles. The van der Waals surface area contributed by atoms with E-state index >= 15 is 0 Å². The predicted molar refractivity (Wildman–Crippen MR) is 57.1 cm³/mol. The molecule has 1 heterocycles. The van der Waals surface area contributed by atoms with Gasteiger partial charge in [0.1, 0.15) is 5.82 Å². The van der Waals surface area contributed by atoms with E-state index in [-0.39, 0.29) is 11.7 Å².